The molecule has 1 aliphatic rings. The summed E-state index contributed by atoms with van der Waals surface area (Å²) < 4.78 is 7.57. The van der Waals surface area contributed by atoms with Crippen LogP contribution in [0.15, 0.2) is 187 Å². The number of fused-ring (bicyclic) bond motifs is 9. The first-order valence-corrected chi connectivity index (χ1v) is 21.0. The van der Waals surface area contributed by atoms with Gasteiger partial charge in [-0.25, -0.2) is 4.99 Å². The Morgan fingerprint density at radius 1 is 0.491 bits per heavy atom. The molecule has 4 heterocycles. The molecule has 4 nitrogen and oxygen atoms in total. The zero-order valence-electron chi connectivity index (χ0n) is 30.7. The molecule has 270 valence electrons. The Hall–Kier alpha value is -6.57. The lowest BCUT2D eigenvalue weighted by Crippen LogP contribution is -2.45. The van der Waals surface area contributed by atoms with E-state index in [4.69, 9.17) is 4.99 Å². The van der Waals surface area contributed by atoms with Gasteiger partial charge in [-0.15, -0.1) is 22.7 Å². The van der Waals surface area contributed by atoms with Gasteiger partial charge in [0.05, 0.1) is 11.0 Å². The molecule has 2 unspecified atom stereocenters. The van der Waals surface area contributed by atoms with E-state index in [9.17, 15) is 0 Å². The molecule has 0 saturated heterocycles. The van der Waals surface area contributed by atoms with E-state index in [1.807, 2.05) is 22.7 Å². The van der Waals surface area contributed by atoms with Crippen molar-refractivity contribution in [3.05, 3.63) is 199 Å². The summed E-state index contributed by atoms with van der Waals surface area (Å²) >= 11 is 3.76. The normalized spacial score (nSPS) is 15.9. The van der Waals surface area contributed by atoms with Gasteiger partial charge in [-0.3, -0.25) is 5.32 Å². The highest BCUT2D eigenvalue weighted by molar-refractivity contribution is 7.26. The molecule has 3 aromatic heterocycles. The maximum absolute atomic E-state index is 5.17. The standard InChI is InChI=1S/C51H34N4S2/c1-3-14-31(15-4-1)49-52-50(32-16-5-2-6-17-32)54-51(53-49)40-23-11-22-39-47-37(21-13-27-44(47)57-48(39)40)36-20-12-26-43-46(36)38-29-28-33(30-45(38)56-43)55-41-24-9-7-18-34(41)35-19-8-10-25-42(35)55/h1-30,49,51,53H,(H,52,54). The molecule has 8 aromatic carbocycles. The maximum Gasteiger partial charge on any atom is 0.131 e. The molecule has 0 saturated carbocycles. The van der Waals surface area contributed by atoms with Gasteiger partial charge in [-0.05, 0) is 53.1 Å². The van der Waals surface area contributed by atoms with Gasteiger partial charge in [0.1, 0.15) is 18.2 Å². The summed E-state index contributed by atoms with van der Waals surface area (Å²) in [5.41, 5.74) is 9.63. The Morgan fingerprint density at radius 2 is 1.11 bits per heavy atom. The topological polar surface area (TPSA) is 41.4 Å². The highest BCUT2D eigenvalue weighted by Gasteiger charge is 2.28. The van der Waals surface area contributed by atoms with E-state index >= 15 is 0 Å². The van der Waals surface area contributed by atoms with Crippen LogP contribution >= 0.6 is 22.7 Å². The van der Waals surface area contributed by atoms with Crippen LogP contribution in [-0.4, -0.2) is 10.4 Å². The minimum absolute atomic E-state index is 0.142. The van der Waals surface area contributed by atoms with Crippen LogP contribution in [-0.2, 0) is 0 Å². The van der Waals surface area contributed by atoms with Crippen molar-refractivity contribution in [2.24, 2.45) is 4.99 Å². The first-order valence-electron chi connectivity index (χ1n) is 19.4. The second-order valence-electron chi connectivity index (χ2n) is 14.7. The van der Waals surface area contributed by atoms with E-state index in [2.05, 4.69) is 197 Å². The Kier molecular flexibility index (Phi) is 7.45. The minimum Gasteiger partial charge on any atom is -0.350 e. The SMILES string of the molecule is c1ccc(C2=NC(c3ccccc3)NC(c3cccc4c3sc3cccc(-c5cccc6sc7cc(-n8c9ccccc9c9ccccc98)ccc7c56)c34)N2)cc1. The van der Waals surface area contributed by atoms with Gasteiger partial charge in [0.2, 0.25) is 0 Å². The highest BCUT2D eigenvalue weighted by Crippen LogP contribution is 2.47. The molecule has 11 aromatic rings. The summed E-state index contributed by atoms with van der Waals surface area (Å²) in [6, 6.07) is 65.9. The molecule has 0 aliphatic carbocycles. The van der Waals surface area contributed by atoms with Crippen LogP contribution in [0, 0.1) is 0 Å². The van der Waals surface area contributed by atoms with Gasteiger partial charge in [-0.2, -0.15) is 0 Å². The molecular weight excluding hydrogens is 733 g/mol. The molecule has 0 bridgehead atoms. The average Bonchev–Trinajstić information content (AvgIpc) is 3.96. The van der Waals surface area contributed by atoms with Crippen molar-refractivity contribution < 1.29 is 0 Å². The van der Waals surface area contributed by atoms with Crippen LogP contribution in [0.2, 0.25) is 0 Å². The van der Waals surface area contributed by atoms with E-state index in [1.54, 1.807) is 0 Å². The molecule has 0 fully saturated rings. The predicted molar refractivity (Wildman–Crippen MR) is 243 cm³/mol. The lowest BCUT2D eigenvalue weighted by Gasteiger charge is -2.32. The molecule has 6 heteroatoms. The number of aliphatic imine (C=N–C) groups is 1. The van der Waals surface area contributed by atoms with E-state index in [0.29, 0.717) is 0 Å². The van der Waals surface area contributed by atoms with Crippen molar-refractivity contribution in [1.29, 1.82) is 0 Å². The molecule has 12 rings (SSSR count). The van der Waals surface area contributed by atoms with Crippen molar-refractivity contribution in [2.45, 2.75) is 12.3 Å². The largest absolute Gasteiger partial charge is 0.350 e. The Labute approximate surface area is 337 Å². The number of nitrogens with zero attached hydrogens (tertiary/aromatic N) is 2. The number of aromatic nitrogens is 1. The molecule has 1 aliphatic heterocycles. The Balaban J connectivity index is 1.00. The van der Waals surface area contributed by atoms with Crippen molar-refractivity contribution in [3.8, 4) is 16.8 Å². The van der Waals surface area contributed by atoms with Crippen LogP contribution in [0.4, 0.5) is 0 Å². The van der Waals surface area contributed by atoms with Crippen LogP contribution in [0.5, 0.6) is 0 Å². The number of hydrogen-bond acceptors (Lipinski definition) is 5. The lowest BCUT2D eigenvalue weighted by atomic mass is 9.95. The molecule has 2 N–H and O–H groups in total. The summed E-state index contributed by atoms with van der Waals surface area (Å²) in [5.74, 6) is 0.893. The quantitative estimate of drug-likeness (QED) is 0.183. The summed E-state index contributed by atoms with van der Waals surface area (Å²) in [6.07, 6.45) is -0.330. The fourth-order valence-corrected chi connectivity index (χ4v) is 11.4. The summed E-state index contributed by atoms with van der Waals surface area (Å²) in [5, 5.41) is 15.4. The second kappa shape index (κ2) is 13.0. The number of rotatable bonds is 5. The van der Waals surface area contributed by atoms with E-state index in [-0.39, 0.29) is 12.3 Å². The third kappa shape index (κ3) is 5.19. The number of amidine groups is 1. The van der Waals surface area contributed by atoms with Crippen molar-refractivity contribution >= 4 is 90.7 Å². The molecule has 57 heavy (non-hydrogen) atoms. The van der Waals surface area contributed by atoms with Crippen molar-refractivity contribution in [1.82, 2.24) is 15.2 Å². The van der Waals surface area contributed by atoms with Gasteiger partial charge < -0.3 is 9.88 Å². The van der Waals surface area contributed by atoms with Gasteiger partial charge in [-0.1, -0.05) is 146 Å². The third-order valence-corrected chi connectivity index (χ3v) is 13.8. The first kappa shape index (κ1) is 32.7. The van der Waals surface area contributed by atoms with Crippen LogP contribution in [0.3, 0.4) is 0 Å². The van der Waals surface area contributed by atoms with Gasteiger partial charge in [0, 0.05) is 67.9 Å². The zero-order chi connectivity index (χ0) is 37.5. The Bertz CT molecular complexity index is 3320. The second-order valence-corrected chi connectivity index (χ2v) is 16.9. The molecule has 0 spiro atoms. The van der Waals surface area contributed by atoms with Crippen molar-refractivity contribution in [2.75, 3.05) is 0 Å². The molecule has 2 atom stereocenters. The van der Waals surface area contributed by atoms with Gasteiger partial charge >= 0.3 is 0 Å². The molecule has 0 radical (unpaired) electrons. The summed E-state index contributed by atoms with van der Waals surface area (Å²) in [4.78, 5) is 5.17. The molecular formula is C51H34N4S2. The zero-order valence-corrected chi connectivity index (χ0v) is 32.3. The lowest BCUT2D eigenvalue weighted by molar-refractivity contribution is 0.411. The van der Waals surface area contributed by atoms with Crippen LogP contribution < -0.4 is 10.6 Å². The number of benzene rings is 8. The van der Waals surface area contributed by atoms with Crippen LogP contribution in [0.1, 0.15) is 29.0 Å². The summed E-state index contributed by atoms with van der Waals surface area (Å²) in [6.45, 7) is 0. The van der Waals surface area contributed by atoms with E-state index in [0.717, 1.165) is 17.0 Å². The monoisotopic (exact) mass is 766 g/mol. The number of thiophene rings is 2. The fraction of sp³-hybridized carbons (Fsp3) is 0.0392. The van der Waals surface area contributed by atoms with Crippen molar-refractivity contribution in [3.63, 3.8) is 0 Å². The van der Waals surface area contributed by atoms with Crippen LogP contribution in [0.25, 0.3) is 79.0 Å². The van der Waals surface area contributed by atoms with Gasteiger partial charge in [0.25, 0.3) is 0 Å². The highest BCUT2D eigenvalue weighted by atomic mass is 32.1. The predicted octanol–water partition coefficient (Wildman–Crippen LogP) is 13.5. The number of para-hydroxylation sites is 2. The Morgan fingerprint density at radius 3 is 1.84 bits per heavy atom. The maximum atomic E-state index is 5.17. The summed E-state index contributed by atoms with van der Waals surface area (Å²) in [7, 11) is 0. The minimum atomic E-state index is -0.187. The van der Waals surface area contributed by atoms with E-state index < -0.39 is 0 Å². The van der Waals surface area contributed by atoms with Gasteiger partial charge in [0.15, 0.2) is 0 Å². The molecule has 0 amide bonds. The fourth-order valence-electron chi connectivity index (χ4n) is 8.97. The average molecular weight is 767 g/mol. The third-order valence-electron chi connectivity index (χ3n) is 11.5. The van der Waals surface area contributed by atoms with E-state index in [1.165, 1.54) is 84.5 Å². The number of nitrogens with one attached hydrogen (secondary N) is 2. The smallest absolute Gasteiger partial charge is 0.131 e. The number of hydrogen-bond donors (Lipinski definition) is 2. The first-order chi connectivity index (χ1) is 28.3.